The summed E-state index contributed by atoms with van der Waals surface area (Å²) in [5, 5.41) is 16.1. The highest BCUT2D eigenvalue weighted by Gasteiger charge is 2.39. The van der Waals surface area contributed by atoms with Crippen LogP contribution in [0.4, 0.5) is 26.3 Å². The normalized spacial score (nSPS) is 13.4. The highest BCUT2D eigenvalue weighted by Crippen LogP contribution is 2.32. The van der Waals surface area contributed by atoms with E-state index in [-0.39, 0.29) is 34.9 Å². The topological polar surface area (TPSA) is 149 Å². The zero-order valence-corrected chi connectivity index (χ0v) is 22.7. The molecular weight excluding hydrogens is 612 g/mol. The van der Waals surface area contributed by atoms with Crippen LogP contribution in [0.15, 0.2) is 53.3 Å². The molecule has 0 radical (unpaired) electrons. The number of rotatable bonds is 12. The summed E-state index contributed by atoms with van der Waals surface area (Å²) in [5.41, 5.74) is 2.65. The number of aliphatic hydroxyl groups excluding tert-OH is 1. The molecule has 2 amide bonds. The van der Waals surface area contributed by atoms with Crippen molar-refractivity contribution < 1.29 is 45.8 Å². The third-order valence-electron chi connectivity index (χ3n) is 6.12. The number of nitrogens with zero attached hydrogens (tertiary/aromatic N) is 3. The Morgan fingerprint density at radius 1 is 1.05 bits per heavy atom. The quantitative estimate of drug-likeness (QED) is 0.261. The number of primary amides is 1. The summed E-state index contributed by atoms with van der Waals surface area (Å²) < 4.78 is 80.3. The maximum Gasteiger partial charge on any atom is 0.416 e. The summed E-state index contributed by atoms with van der Waals surface area (Å²) in [6.45, 7) is -2.41. The van der Waals surface area contributed by atoms with E-state index >= 15 is 0 Å². The SMILES string of the molecule is NC(=O)CCNC(=O)C(CC(=O)Cn1nc(-c2ccc(Cl)cc2)n(C[C@H](O)C(F)(F)F)c1=O)c1cccc(C(F)(F)F)c1. The van der Waals surface area contributed by atoms with E-state index in [0.29, 0.717) is 15.3 Å². The van der Waals surface area contributed by atoms with Crippen LogP contribution in [0.5, 0.6) is 0 Å². The van der Waals surface area contributed by atoms with Crippen molar-refractivity contribution in [3.05, 3.63) is 75.2 Å². The van der Waals surface area contributed by atoms with Gasteiger partial charge in [-0.25, -0.2) is 9.48 Å². The highest BCUT2D eigenvalue weighted by atomic mass is 35.5. The Morgan fingerprint density at radius 2 is 1.70 bits per heavy atom. The number of halogens is 7. The zero-order chi connectivity index (χ0) is 32.1. The smallest absolute Gasteiger partial charge is 0.382 e. The molecule has 43 heavy (non-hydrogen) atoms. The van der Waals surface area contributed by atoms with Crippen LogP contribution >= 0.6 is 11.6 Å². The van der Waals surface area contributed by atoms with Crippen LogP contribution in [-0.2, 0) is 33.6 Å². The second-order valence-electron chi connectivity index (χ2n) is 9.36. The summed E-state index contributed by atoms with van der Waals surface area (Å²) >= 11 is 5.85. The molecule has 17 heteroatoms. The van der Waals surface area contributed by atoms with Gasteiger partial charge in [0.05, 0.1) is 18.0 Å². The van der Waals surface area contributed by atoms with E-state index in [1.807, 2.05) is 0 Å². The maximum absolute atomic E-state index is 13.3. The monoisotopic (exact) mass is 635 g/mol. The number of hydrogen-bond acceptors (Lipinski definition) is 6. The number of amides is 2. The molecule has 10 nitrogen and oxygen atoms in total. The minimum Gasteiger partial charge on any atom is -0.382 e. The van der Waals surface area contributed by atoms with Gasteiger partial charge in [0, 0.05) is 30.0 Å². The summed E-state index contributed by atoms with van der Waals surface area (Å²) in [6.07, 6.45) is -13.9. The molecule has 0 aliphatic carbocycles. The van der Waals surface area contributed by atoms with Gasteiger partial charge in [0.2, 0.25) is 11.8 Å². The number of alkyl halides is 6. The molecule has 2 aromatic carbocycles. The van der Waals surface area contributed by atoms with Crippen molar-refractivity contribution in [3.63, 3.8) is 0 Å². The number of aromatic nitrogens is 3. The lowest BCUT2D eigenvalue weighted by molar-refractivity contribution is -0.207. The molecule has 1 heterocycles. The molecule has 0 saturated heterocycles. The summed E-state index contributed by atoms with van der Waals surface area (Å²) in [7, 11) is 0. The molecule has 0 bridgehead atoms. The highest BCUT2D eigenvalue weighted by molar-refractivity contribution is 6.30. The van der Waals surface area contributed by atoms with Gasteiger partial charge in [0.15, 0.2) is 17.7 Å². The van der Waals surface area contributed by atoms with Crippen molar-refractivity contribution in [2.75, 3.05) is 6.54 Å². The fourth-order valence-corrected chi connectivity index (χ4v) is 4.11. The first-order valence-electron chi connectivity index (χ1n) is 12.4. The molecule has 0 fully saturated rings. The van der Waals surface area contributed by atoms with E-state index in [0.717, 1.165) is 12.1 Å². The van der Waals surface area contributed by atoms with Gasteiger partial charge in [-0.05, 0) is 35.9 Å². The van der Waals surface area contributed by atoms with Gasteiger partial charge in [-0.3, -0.25) is 19.0 Å². The minimum absolute atomic E-state index is 0.123. The molecule has 2 atom stereocenters. The number of benzene rings is 2. The van der Waals surface area contributed by atoms with E-state index in [1.165, 1.54) is 30.3 Å². The van der Waals surface area contributed by atoms with Gasteiger partial charge in [-0.15, -0.1) is 5.10 Å². The summed E-state index contributed by atoms with van der Waals surface area (Å²) in [6, 6.07) is 9.05. The third-order valence-corrected chi connectivity index (χ3v) is 6.37. The number of aliphatic hydroxyl groups is 1. The van der Waals surface area contributed by atoms with E-state index in [1.54, 1.807) is 0 Å². The van der Waals surface area contributed by atoms with Gasteiger partial charge in [-0.1, -0.05) is 29.8 Å². The van der Waals surface area contributed by atoms with Gasteiger partial charge < -0.3 is 16.2 Å². The van der Waals surface area contributed by atoms with E-state index in [9.17, 15) is 50.6 Å². The molecule has 3 aromatic rings. The van der Waals surface area contributed by atoms with Crippen molar-refractivity contribution >= 4 is 29.2 Å². The average molecular weight is 636 g/mol. The standard InChI is InChI=1S/C26H24ClF6N5O5/c27-17-6-4-14(5-7-17)22-36-38(24(43)37(22)13-20(40)26(31,32)33)12-18(39)11-19(23(42)35-9-8-21(34)41)15-2-1-3-16(10-15)25(28,29)30/h1-7,10,19-20,40H,8-9,11-13H2,(H2,34,41)(H,35,42)/t19?,20-/m0/s1. The third kappa shape index (κ3) is 8.90. The predicted octanol–water partition coefficient (Wildman–Crippen LogP) is 3.04. The van der Waals surface area contributed by atoms with Crippen LogP contribution in [0.25, 0.3) is 11.4 Å². The lowest BCUT2D eigenvalue weighted by atomic mass is 9.91. The number of nitrogens with one attached hydrogen (secondary N) is 1. The Hall–Kier alpha value is -4.18. The van der Waals surface area contributed by atoms with Crippen LogP contribution in [0.1, 0.15) is 29.9 Å². The molecule has 0 aliphatic rings. The molecule has 4 N–H and O–H groups in total. The second-order valence-corrected chi connectivity index (χ2v) is 9.80. The van der Waals surface area contributed by atoms with Gasteiger partial charge >= 0.3 is 18.0 Å². The second kappa shape index (κ2) is 13.4. The van der Waals surface area contributed by atoms with Crippen molar-refractivity contribution in [3.8, 4) is 11.4 Å². The lowest BCUT2D eigenvalue weighted by Gasteiger charge is -2.18. The average Bonchev–Trinajstić information content (AvgIpc) is 3.20. The lowest BCUT2D eigenvalue weighted by Crippen LogP contribution is -2.38. The van der Waals surface area contributed by atoms with Crippen molar-refractivity contribution in [2.45, 2.75) is 50.3 Å². The molecule has 0 aliphatic heterocycles. The molecule has 232 valence electrons. The first kappa shape index (κ1) is 33.3. The fraction of sp³-hybridized carbons (Fsp3) is 0.346. The maximum atomic E-state index is 13.3. The first-order chi connectivity index (χ1) is 20.0. The Kier molecular flexibility index (Phi) is 10.4. The summed E-state index contributed by atoms with van der Waals surface area (Å²) in [4.78, 5) is 50.0. The fourth-order valence-electron chi connectivity index (χ4n) is 3.98. The van der Waals surface area contributed by atoms with Gasteiger partial charge in [-0.2, -0.15) is 26.3 Å². The van der Waals surface area contributed by atoms with E-state index in [2.05, 4.69) is 10.4 Å². The Balaban J connectivity index is 1.95. The molecule has 3 rings (SSSR count). The zero-order valence-electron chi connectivity index (χ0n) is 22.0. The number of Topliss-reactive ketones (excluding diaryl/α,β-unsaturated/α-hetero) is 1. The van der Waals surface area contributed by atoms with Crippen molar-refractivity contribution in [1.29, 1.82) is 0 Å². The first-order valence-corrected chi connectivity index (χ1v) is 12.8. The van der Waals surface area contributed by atoms with Gasteiger partial charge in [0.1, 0.15) is 6.54 Å². The largest absolute Gasteiger partial charge is 0.416 e. The van der Waals surface area contributed by atoms with Crippen LogP contribution in [0.3, 0.4) is 0 Å². The van der Waals surface area contributed by atoms with Crippen LogP contribution in [0.2, 0.25) is 5.02 Å². The molecule has 1 aromatic heterocycles. The van der Waals surface area contributed by atoms with E-state index in [4.69, 9.17) is 17.3 Å². The van der Waals surface area contributed by atoms with Crippen LogP contribution < -0.4 is 16.7 Å². The molecule has 1 unspecified atom stereocenters. The molecular formula is C26H24ClF6N5O5. The number of carbonyl (C=O) groups is 3. The number of nitrogens with two attached hydrogens (primary N) is 1. The van der Waals surface area contributed by atoms with Crippen molar-refractivity contribution in [2.24, 2.45) is 5.73 Å². The molecule has 0 saturated carbocycles. The number of ketones is 1. The Bertz CT molecular complexity index is 1530. The van der Waals surface area contributed by atoms with E-state index < -0.39 is 72.7 Å². The Morgan fingerprint density at radius 3 is 2.28 bits per heavy atom. The number of hydrogen-bond donors (Lipinski definition) is 3. The van der Waals surface area contributed by atoms with Crippen molar-refractivity contribution in [1.82, 2.24) is 19.7 Å². The van der Waals surface area contributed by atoms with Crippen LogP contribution in [0, 0.1) is 0 Å². The number of carbonyl (C=O) groups excluding carboxylic acids is 3. The minimum atomic E-state index is -5.09. The Labute approximate surface area is 244 Å². The summed E-state index contributed by atoms with van der Waals surface area (Å²) in [5.74, 6) is -4.42. The molecule has 0 spiro atoms. The predicted molar refractivity (Wildman–Crippen MR) is 140 cm³/mol. The van der Waals surface area contributed by atoms with Crippen LogP contribution in [-0.4, -0.2) is 55.9 Å². The van der Waals surface area contributed by atoms with Gasteiger partial charge in [0.25, 0.3) is 0 Å².